The molecular formula is C13H17BrN2O3. The van der Waals surface area contributed by atoms with Crippen LogP contribution in [0.3, 0.4) is 0 Å². The molecule has 0 aromatic heterocycles. The second kappa shape index (κ2) is 7.78. The van der Waals surface area contributed by atoms with Gasteiger partial charge in [0.15, 0.2) is 0 Å². The number of hydrogen-bond donors (Lipinski definition) is 3. The normalized spacial score (nSPS) is 11.7. The molecule has 5 nitrogen and oxygen atoms in total. The molecule has 0 aliphatic rings. The van der Waals surface area contributed by atoms with E-state index in [1.54, 1.807) is 18.2 Å². The van der Waals surface area contributed by atoms with Crippen LogP contribution in [-0.2, 0) is 4.79 Å². The minimum atomic E-state index is -1.02. The van der Waals surface area contributed by atoms with Crippen LogP contribution in [0.5, 0.6) is 0 Å². The molecule has 1 aromatic rings. The first-order valence-electron chi connectivity index (χ1n) is 6.08. The molecule has 0 aliphatic heterocycles. The number of amides is 2. The van der Waals surface area contributed by atoms with Crippen molar-refractivity contribution in [1.29, 1.82) is 0 Å². The van der Waals surface area contributed by atoms with Crippen molar-refractivity contribution in [1.82, 2.24) is 5.32 Å². The Bertz CT molecular complexity index is 451. The first-order valence-corrected chi connectivity index (χ1v) is 6.88. The van der Waals surface area contributed by atoms with E-state index in [9.17, 15) is 9.59 Å². The van der Waals surface area contributed by atoms with E-state index in [4.69, 9.17) is 5.11 Å². The van der Waals surface area contributed by atoms with Crippen molar-refractivity contribution in [3.05, 3.63) is 28.7 Å². The molecule has 19 heavy (non-hydrogen) atoms. The summed E-state index contributed by atoms with van der Waals surface area (Å²) in [6, 6.07) is 5.72. The third-order valence-corrected chi connectivity index (χ3v) is 3.03. The minimum absolute atomic E-state index is 0.428. The number of carboxylic acids is 1. The standard InChI is InChI=1S/C13H17BrN2O3/c1-2-3-7-11(12(17)18)16-13(19)15-10-6-4-5-9(14)8-10/h4-6,8,11H,2-3,7H2,1H3,(H,17,18)(H2,15,16,19)/t11-/m0/s1. The molecular weight excluding hydrogens is 312 g/mol. The number of aliphatic carboxylic acids is 1. The van der Waals surface area contributed by atoms with Gasteiger partial charge >= 0.3 is 12.0 Å². The maximum atomic E-state index is 11.7. The fourth-order valence-electron chi connectivity index (χ4n) is 1.56. The number of carbonyl (C=O) groups excluding carboxylic acids is 1. The predicted octanol–water partition coefficient (Wildman–Crippen LogP) is 3.21. The first kappa shape index (κ1) is 15.5. The molecule has 3 N–H and O–H groups in total. The number of carbonyl (C=O) groups is 2. The van der Waals surface area contributed by atoms with Gasteiger partial charge in [0.1, 0.15) is 6.04 Å². The molecule has 0 saturated heterocycles. The van der Waals surface area contributed by atoms with Gasteiger partial charge in [-0.05, 0) is 24.6 Å². The Morgan fingerprint density at radius 1 is 1.42 bits per heavy atom. The summed E-state index contributed by atoms with van der Waals surface area (Å²) in [4.78, 5) is 22.7. The Morgan fingerprint density at radius 2 is 2.16 bits per heavy atom. The van der Waals surface area contributed by atoms with Gasteiger partial charge < -0.3 is 15.7 Å². The van der Waals surface area contributed by atoms with Gasteiger partial charge in [0.05, 0.1) is 0 Å². The Kier molecular flexibility index (Phi) is 6.35. The van der Waals surface area contributed by atoms with Crippen LogP contribution in [0.1, 0.15) is 26.2 Å². The second-order valence-corrected chi connectivity index (χ2v) is 5.06. The summed E-state index contributed by atoms with van der Waals surface area (Å²) in [5.41, 5.74) is 0.603. The summed E-state index contributed by atoms with van der Waals surface area (Å²) in [6.07, 6.45) is 2.07. The van der Waals surface area contributed by atoms with E-state index < -0.39 is 18.0 Å². The van der Waals surface area contributed by atoms with Gasteiger partial charge in [-0.2, -0.15) is 0 Å². The summed E-state index contributed by atoms with van der Waals surface area (Å²) in [6.45, 7) is 1.97. The number of rotatable bonds is 6. The van der Waals surface area contributed by atoms with Crippen LogP contribution in [0.15, 0.2) is 28.7 Å². The molecule has 6 heteroatoms. The summed E-state index contributed by atoms with van der Waals surface area (Å²) in [7, 11) is 0. The Balaban J connectivity index is 2.55. The van der Waals surface area contributed by atoms with Crippen LogP contribution in [0.4, 0.5) is 10.5 Å². The number of nitrogens with one attached hydrogen (secondary N) is 2. The molecule has 0 saturated carbocycles. The van der Waals surface area contributed by atoms with Crippen molar-refractivity contribution >= 4 is 33.6 Å². The molecule has 2 amide bonds. The summed E-state index contributed by atoms with van der Waals surface area (Å²) >= 11 is 3.29. The fraction of sp³-hybridized carbons (Fsp3) is 0.385. The first-order chi connectivity index (χ1) is 9.02. The van der Waals surface area contributed by atoms with Crippen molar-refractivity contribution in [2.45, 2.75) is 32.2 Å². The highest BCUT2D eigenvalue weighted by molar-refractivity contribution is 9.10. The number of carboxylic acid groups (broad SMARTS) is 1. The predicted molar refractivity (Wildman–Crippen MR) is 77.2 cm³/mol. The zero-order valence-corrected chi connectivity index (χ0v) is 12.2. The summed E-state index contributed by atoms with van der Waals surface area (Å²) in [5, 5.41) is 14.1. The van der Waals surface area contributed by atoms with Crippen molar-refractivity contribution in [3.8, 4) is 0 Å². The molecule has 0 bridgehead atoms. The molecule has 1 aromatic carbocycles. The van der Waals surface area contributed by atoms with Gasteiger partial charge in [-0.15, -0.1) is 0 Å². The molecule has 1 atom stereocenters. The van der Waals surface area contributed by atoms with E-state index in [1.807, 2.05) is 13.0 Å². The van der Waals surface area contributed by atoms with Gasteiger partial charge in [-0.3, -0.25) is 0 Å². The van der Waals surface area contributed by atoms with Crippen molar-refractivity contribution < 1.29 is 14.7 Å². The van der Waals surface area contributed by atoms with Crippen molar-refractivity contribution in [2.24, 2.45) is 0 Å². The Morgan fingerprint density at radius 3 is 2.74 bits per heavy atom. The summed E-state index contributed by atoms with van der Waals surface area (Å²) < 4.78 is 0.839. The molecule has 0 radical (unpaired) electrons. The van der Waals surface area contributed by atoms with E-state index in [-0.39, 0.29) is 0 Å². The van der Waals surface area contributed by atoms with Crippen molar-refractivity contribution in [3.63, 3.8) is 0 Å². The quantitative estimate of drug-likeness (QED) is 0.750. The van der Waals surface area contributed by atoms with Crippen LogP contribution < -0.4 is 10.6 Å². The van der Waals surface area contributed by atoms with Crippen LogP contribution in [0, 0.1) is 0 Å². The lowest BCUT2D eigenvalue weighted by molar-refractivity contribution is -0.139. The lowest BCUT2D eigenvalue weighted by Crippen LogP contribution is -2.42. The van der Waals surface area contributed by atoms with E-state index in [1.165, 1.54) is 0 Å². The average molecular weight is 329 g/mol. The van der Waals surface area contributed by atoms with E-state index >= 15 is 0 Å². The lowest BCUT2D eigenvalue weighted by Gasteiger charge is -2.14. The van der Waals surface area contributed by atoms with Crippen LogP contribution in [0.2, 0.25) is 0 Å². The number of hydrogen-bond acceptors (Lipinski definition) is 2. The Hall–Kier alpha value is -1.56. The number of halogens is 1. The van der Waals surface area contributed by atoms with E-state index in [0.717, 1.165) is 17.3 Å². The van der Waals surface area contributed by atoms with Gasteiger partial charge in [0.25, 0.3) is 0 Å². The molecule has 0 unspecified atom stereocenters. The largest absolute Gasteiger partial charge is 0.480 e. The van der Waals surface area contributed by atoms with Gasteiger partial charge in [-0.1, -0.05) is 41.8 Å². The topological polar surface area (TPSA) is 78.4 Å². The third-order valence-electron chi connectivity index (χ3n) is 2.53. The summed E-state index contributed by atoms with van der Waals surface area (Å²) in [5.74, 6) is -1.02. The van der Waals surface area contributed by atoms with E-state index in [0.29, 0.717) is 12.1 Å². The number of benzene rings is 1. The molecule has 0 heterocycles. The molecule has 0 aliphatic carbocycles. The fourth-order valence-corrected chi connectivity index (χ4v) is 1.96. The van der Waals surface area contributed by atoms with Crippen LogP contribution in [-0.4, -0.2) is 23.1 Å². The number of urea groups is 1. The monoisotopic (exact) mass is 328 g/mol. The Labute approximate surface area is 120 Å². The molecule has 0 fully saturated rings. The van der Waals surface area contributed by atoms with Gasteiger partial charge in [0, 0.05) is 10.2 Å². The lowest BCUT2D eigenvalue weighted by atomic mass is 10.1. The van der Waals surface area contributed by atoms with Crippen LogP contribution >= 0.6 is 15.9 Å². The molecule has 0 spiro atoms. The molecule has 104 valence electrons. The third kappa shape index (κ3) is 5.74. The van der Waals surface area contributed by atoms with Gasteiger partial charge in [-0.25, -0.2) is 9.59 Å². The highest BCUT2D eigenvalue weighted by atomic mass is 79.9. The molecule has 1 rings (SSSR count). The maximum Gasteiger partial charge on any atom is 0.326 e. The van der Waals surface area contributed by atoms with Gasteiger partial charge in [0.2, 0.25) is 0 Å². The smallest absolute Gasteiger partial charge is 0.326 e. The van der Waals surface area contributed by atoms with Crippen LogP contribution in [0.25, 0.3) is 0 Å². The zero-order valence-electron chi connectivity index (χ0n) is 10.6. The number of anilines is 1. The number of unbranched alkanes of at least 4 members (excludes halogenated alkanes) is 1. The second-order valence-electron chi connectivity index (χ2n) is 4.14. The SMILES string of the molecule is CCCC[C@H](NC(=O)Nc1cccc(Br)c1)C(=O)O. The highest BCUT2D eigenvalue weighted by Gasteiger charge is 2.18. The maximum absolute atomic E-state index is 11.7. The average Bonchev–Trinajstić information content (AvgIpc) is 2.34. The minimum Gasteiger partial charge on any atom is -0.480 e. The van der Waals surface area contributed by atoms with E-state index in [2.05, 4.69) is 26.6 Å². The highest BCUT2D eigenvalue weighted by Crippen LogP contribution is 2.15. The van der Waals surface area contributed by atoms with Crippen molar-refractivity contribution in [2.75, 3.05) is 5.32 Å². The zero-order chi connectivity index (χ0) is 14.3.